The molecule has 0 aromatic heterocycles. The lowest BCUT2D eigenvalue weighted by Crippen LogP contribution is -2.16. The summed E-state index contributed by atoms with van der Waals surface area (Å²) < 4.78 is 11.0. The van der Waals surface area contributed by atoms with Gasteiger partial charge in [0.05, 0.1) is 17.3 Å². The van der Waals surface area contributed by atoms with Crippen LogP contribution in [0.5, 0.6) is 5.75 Å². The number of hydrogen-bond donors (Lipinski definition) is 0. The predicted molar refractivity (Wildman–Crippen MR) is 139 cm³/mol. The number of rotatable bonds is 5. The van der Waals surface area contributed by atoms with Crippen molar-refractivity contribution in [1.29, 1.82) is 0 Å². The average Bonchev–Trinajstić information content (AvgIpc) is 3.19. The van der Waals surface area contributed by atoms with Crippen LogP contribution < -0.4 is 4.74 Å². The second kappa shape index (κ2) is 9.50. The molecule has 1 heterocycles. The molecule has 0 radical (unpaired) electrons. The van der Waals surface area contributed by atoms with Gasteiger partial charge in [0.2, 0.25) is 0 Å². The third-order valence-corrected chi connectivity index (χ3v) is 8.33. The van der Waals surface area contributed by atoms with Crippen LogP contribution in [0.15, 0.2) is 87.5 Å². The van der Waals surface area contributed by atoms with Crippen molar-refractivity contribution in [2.24, 2.45) is 0 Å². The highest BCUT2D eigenvalue weighted by molar-refractivity contribution is 7.97. The van der Waals surface area contributed by atoms with E-state index < -0.39 is 0 Å². The maximum Gasteiger partial charge on any atom is 0.309 e. The summed E-state index contributed by atoms with van der Waals surface area (Å²) in [6.45, 7) is 13.8. The zero-order valence-electron chi connectivity index (χ0n) is 21.1. The summed E-state index contributed by atoms with van der Waals surface area (Å²) in [7, 11) is -0.237. The minimum Gasteiger partial charge on any atom is -0.486 e. The first-order valence-corrected chi connectivity index (χ1v) is 13.1. The molecule has 0 saturated carbocycles. The van der Waals surface area contributed by atoms with Gasteiger partial charge in [-0.15, -0.1) is 0 Å². The van der Waals surface area contributed by atoms with E-state index >= 15 is 0 Å². The predicted octanol–water partition coefficient (Wildman–Crippen LogP) is 7.07. The Balaban J connectivity index is 1.67. The number of benzene rings is 3. The lowest BCUT2D eigenvalue weighted by molar-refractivity contribution is -0.137. The smallest absolute Gasteiger partial charge is 0.309 e. The quantitative estimate of drug-likeness (QED) is 0.292. The van der Waals surface area contributed by atoms with E-state index in [9.17, 15) is 4.79 Å². The molecule has 0 amide bonds. The van der Waals surface area contributed by atoms with E-state index in [0.717, 1.165) is 5.75 Å². The molecule has 3 aromatic rings. The Morgan fingerprint density at radius 1 is 0.706 bits per heavy atom. The fraction of sp³-hybridized carbons (Fsp3) is 0.367. The maximum absolute atomic E-state index is 11.4. The topological polar surface area (TPSA) is 35.5 Å². The van der Waals surface area contributed by atoms with Crippen molar-refractivity contribution in [3.63, 3.8) is 0 Å². The first kappa shape index (κ1) is 24.4. The Labute approximate surface area is 206 Å². The Bertz CT molecular complexity index is 1060. The van der Waals surface area contributed by atoms with Crippen LogP contribution in [0, 0.1) is 0 Å². The Morgan fingerprint density at radius 2 is 1.12 bits per heavy atom. The van der Waals surface area contributed by atoms with Crippen LogP contribution in [0.3, 0.4) is 0 Å². The van der Waals surface area contributed by atoms with Gasteiger partial charge in [0.25, 0.3) is 0 Å². The molecule has 1 aliphatic rings. The minimum absolute atomic E-state index is 0.121. The van der Waals surface area contributed by atoms with Crippen molar-refractivity contribution in [3.05, 3.63) is 83.9 Å². The van der Waals surface area contributed by atoms with Crippen LogP contribution in [0.25, 0.3) is 0 Å². The molecule has 0 aliphatic carbocycles. The second-order valence-corrected chi connectivity index (χ2v) is 13.0. The van der Waals surface area contributed by atoms with Gasteiger partial charge in [0, 0.05) is 0 Å². The number of carbonyl (C=O) groups excluding carboxylic acids is 1. The second-order valence-electron chi connectivity index (χ2n) is 11.0. The highest BCUT2D eigenvalue weighted by Crippen LogP contribution is 2.35. The van der Waals surface area contributed by atoms with E-state index in [1.165, 1.54) is 25.8 Å². The van der Waals surface area contributed by atoms with Gasteiger partial charge in [-0.25, -0.2) is 0 Å². The van der Waals surface area contributed by atoms with Gasteiger partial charge in [0.15, 0.2) is 14.7 Å². The number of esters is 1. The van der Waals surface area contributed by atoms with Crippen LogP contribution in [0.4, 0.5) is 0 Å². The molecule has 4 heteroatoms. The molecule has 1 unspecified atom stereocenters. The van der Waals surface area contributed by atoms with Crippen molar-refractivity contribution in [2.45, 2.75) is 79.6 Å². The first-order valence-electron chi connectivity index (χ1n) is 11.9. The molecule has 34 heavy (non-hydrogen) atoms. The van der Waals surface area contributed by atoms with Gasteiger partial charge in [-0.05, 0) is 70.5 Å². The van der Waals surface area contributed by atoms with Gasteiger partial charge in [0.1, 0.15) is 18.5 Å². The first-order chi connectivity index (χ1) is 16.0. The van der Waals surface area contributed by atoms with Crippen LogP contribution in [0.2, 0.25) is 0 Å². The standard InChI is InChI=1S/C30H35O3S/c1-29(2,3)21-7-13-25(14-8-21)34(26-15-9-22(10-16-26)30(4,5)6)27-17-11-23(12-18-27)33-24-19-28(31)32-20-24/h7-18,24H,19-20H2,1-6H3/q+1. The van der Waals surface area contributed by atoms with Gasteiger partial charge < -0.3 is 9.47 Å². The van der Waals surface area contributed by atoms with E-state index in [2.05, 4.69) is 102 Å². The summed E-state index contributed by atoms with van der Waals surface area (Å²) in [6, 6.07) is 26.4. The molecule has 178 valence electrons. The molecule has 3 nitrogen and oxygen atoms in total. The third-order valence-electron chi connectivity index (χ3n) is 6.10. The normalized spacial score (nSPS) is 16.6. The van der Waals surface area contributed by atoms with Crippen LogP contribution in [-0.2, 0) is 31.3 Å². The van der Waals surface area contributed by atoms with E-state index in [4.69, 9.17) is 9.47 Å². The van der Waals surface area contributed by atoms with E-state index in [1.54, 1.807) is 0 Å². The molecule has 1 saturated heterocycles. The largest absolute Gasteiger partial charge is 0.486 e. The van der Waals surface area contributed by atoms with Gasteiger partial charge in [-0.2, -0.15) is 0 Å². The number of hydrogen-bond acceptors (Lipinski definition) is 3. The molecule has 1 aliphatic heterocycles. The van der Waals surface area contributed by atoms with Gasteiger partial charge in [-0.3, -0.25) is 4.79 Å². The number of ether oxygens (including phenoxy) is 2. The summed E-state index contributed by atoms with van der Waals surface area (Å²) in [5, 5.41) is 0. The highest BCUT2D eigenvalue weighted by atomic mass is 32.2. The van der Waals surface area contributed by atoms with E-state index in [-0.39, 0.29) is 33.8 Å². The van der Waals surface area contributed by atoms with Crippen molar-refractivity contribution in [2.75, 3.05) is 6.61 Å². The molecule has 4 rings (SSSR count). The molecule has 0 spiro atoms. The van der Waals surface area contributed by atoms with Crippen molar-refractivity contribution >= 4 is 16.9 Å². The van der Waals surface area contributed by atoms with E-state index in [1.807, 2.05) is 12.1 Å². The molecule has 0 bridgehead atoms. The number of carbonyl (C=O) groups is 1. The fourth-order valence-electron chi connectivity index (χ4n) is 4.00. The molecule has 1 fully saturated rings. The van der Waals surface area contributed by atoms with Gasteiger partial charge >= 0.3 is 5.97 Å². The summed E-state index contributed by atoms with van der Waals surface area (Å²) in [4.78, 5) is 15.2. The summed E-state index contributed by atoms with van der Waals surface area (Å²) in [5.41, 5.74) is 2.91. The van der Waals surface area contributed by atoms with Crippen LogP contribution in [0.1, 0.15) is 59.1 Å². The fourth-order valence-corrected chi connectivity index (χ4v) is 6.04. The Hall–Kier alpha value is -2.72. The molecule has 1 atom stereocenters. The monoisotopic (exact) mass is 475 g/mol. The van der Waals surface area contributed by atoms with Crippen molar-refractivity contribution in [3.8, 4) is 5.75 Å². The van der Waals surface area contributed by atoms with Crippen molar-refractivity contribution in [1.82, 2.24) is 0 Å². The molecular weight excluding hydrogens is 440 g/mol. The van der Waals surface area contributed by atoms with Crippen LogP contribution >= 0.6 is 0 Å². The van der Waals surface area contributed by atoms with Crippen molar-refractivity contribution < 1.29 is 14.3 Å². The molecule has 3 aromatic carbocycles. The zero-order valence-corrected chi connectivity index (χ0v) is 21.9. The SMILES string of the molecule is CC(C)(C)c1ccc([S+](c2ccc(OC3COC(=O)C3)cc2)c2ccc(C(C)(C)C)cc2)cc1. The van der Waals surface area contributed by atoms with E-state index in [0.29, 0.717) is 13.0 Å². The van der Waals surface area contributed by atoms with Gasteiger partial charge in [-0.1, -0.05) is 65.8 Å². The average molecular weight is 476 g/mol. The lowest BCUT2D eigenvalue weighted by Gasteiger charge is -2.20. The lowest BCUT2D eigenvalue weighted by atomic mass is 9.87. The Morgan fingerprint density at radius 3 is 1.47 bits per heavy atom. The Kier molecular flexibility index (Phi) is 6.82. The number of cyclic esters (lactones) is 1. The zero-order chi connectivity index (χ0) is 24.5. The summed E-state index contributed by atoms with van der Waals surface area (Å²) >= 11 is 0. The summed E-state index contributed by atoms with van der Waals surface area (Å²) in [5.74, 6) is 0.572. The molecular formula is C30H35O3S+. The minimum atomic E-state index is -0.237. The molecule has 0 N–H and O–H groups in total. The maximum atomic E-state index is 11.4. The third kappa shape index (κ3) is 5.67. The highest BCUT2D eigenvalue weighted by Gasteiger charge is 2.30. The van der Waals surface area contributed by atoms with Crippen LogP contribution in [-0.4, -0.2) is 18.7 Å². The summed E-state index contributed by atoms with van der Waals surface area (Å²) in [6.07, 6.45) is 0.110.